The summed E-state index contributed by atoms with van der Waals surface area (Å²) in [6.45, 7) is 4.30. The Morgan fingerprint density at radius 3 is 2.64 bits per heavy atom. The van der Waals surface area contributed by atoms with E-state index in [-0.39, 0.29) is 18.4 Å². The number of aryl methyl sites for hydroxylation is 1. The van der Waals surface area contributed by atoms with Crippen LogP contribution in [-0.2, 0) is 7.05 Å². The minimum absolute atomic E-state index is 0.0148. The Hall–Kier alpha value is -2.02. The normalized spacial score (nSPS) is 13.0. The quantitative estimate of drug-likeness (QED) is 0.900. The average molecular weight is 367 g/mol. The van der Waals surface area contributed by atoms with Gasteiger partial charge in [-0.3, -0.25) is 4.68 Å². The summed E-state index contributed by atoms with van der Waals surface area (Å²) in [6.07, 6.45) is 0. The van der Waals surface area contributed by atoms with E-state index in [0.717, 1.165) is 21.3 Å². The third-order valence-corrected chi connectivity index (χ3v) is 4.18. The molecule has 1 aliphatic rings. The Morgan fingerprint density at radius 1 is 1.36 bits per heavy atom. The number of carboxylic acids is 1. The third-order valence-electron chi connectivity index (χ3n) is 3.59. The third kappa shape index (κ3) is 2.25. The van der Waals surface area contributed by atoms with Crippen molar-refractivity contribution in [3.63, 3.8) is 0 Å². The van der Waals surface area contributed by atoms with E-state index in [1.807, 2.05) is 6.07 Å². The van der Waals surface area contributed by atoms with Crippen LogP contribution in [0.1, 0.15) is 35.8 Å². The van der Waals surface area contributed by atoms with Gasteiger partial charge < -0.3 is 14.6 Å². The maximum absolute atomic E-state index is 11.1. The molecule has 22 heavy (non-hydrogen) atoms. The lowest BCUT2D eigenvalue weighted by Crippen LogP contribution is -2.01. The molecule has 0 amide bonds. The molecular weight excluding hydrogens is 352 g/mol. The van der Waals surface area contributed by atoms with Gasteiger partial charge in [-0.2, -0.15) is 5.10 Å². The van der Waals surface area contributed by atoms with Crippen LogP contribution < -0.4 is 9.47 Å². The topological polar surface area (TPSA) is 73.6 Å². The zero-order valence-corrected chi connectivity index (χ0v) is 14.0. The molecule has 0 bridgehead atoms. The van der Waals surface area contributed by atoms with E-state index < -0.39 is 5.97 Å². The molecule has 1 aliphatic heterocycles. The van der Waals surface area contributed by atoms with E-state index in [1.165, 1.54) is 0 Å². The Morgan fingerprint density at radius 2 is 2.05 bits per heavy atom. The van der Waals surface area contributed by atoms with Crippen molar-refractivity contribution in [3.8, 4) is 22.8 Å². The summed E-state index contributed by atoms with van der Waals surface area (Å²) in [5.41, 5.74) is 2.60. The van der Waals surface area contributed by atoms with Crippen LogP contribution in [0.4, 0.5) is 0 Å². The second kappa shape index (κ2) is 5.31. The van der Waals surface area contributed by atoms with Crippen LogP contribution >= 0.6 is 15.9 Å². The van der Waals surface area contributed by atoms with Gasteiger partial charge >= 0.3 is 5.97 Å². The number of carboxylic acid groups (broad SMARTS) is 1. The van der Waals surface area contributed by atoms with Crippen molar-refractivity contribution in [2.45, 2.75) is 19.8 Å². The number of aromatic nitrogens is 2. The predicted molar refractivity (Wildman–Crippen MR) is 83.5 cm³/mol. The number of rotatable bonds is 3. The molecule has 116 valence electrons. The van der Waals surface area contributed by atoms with E-state index in [9.17, 15) is 4.79 Å². The number of benzene rings is 1. The van der Waals surface area contributed by atoms with E-state index >= 15 is 0 Å². The summed E-state index contributed by atoms with van der Waals surface area (Å²) in [5.74, 6) is 0.528. The number of nitrogens with zero attached hydrogens (tertiary/aromatic N) is 2. The minimum Gasteiger partial charge on any atom is -0.476 e. The van der Waals surface area contributed by atoms with Gasteiger partial charge in [-0.05, 0) is 34.0 Å². The summed E-state index contributed by atoms with van der Waals surface area (Å²) < 4.78 is 13.5. The molecule has 7 heteroatoms. The first-order valence-corrected chi connectivity index (χ1v) is 7.59. The molecule has 0 unspecified atom stereocenters. The highest BCUT2D eigenvalue weighted by Crippen LogP contribution is 2.49. The van der Waals surface area contributed by atoms with Crippen LogP contribution in [0.15, 0.2) is 16.6 Å². The van der Waals surface area contributed by atoms with Crippen molar-refractivity contribution in [1.29, 1.82) is 0 Å². The maximum atomic E-state index is 11.1. The summed E-state index contributed by atoms with van der Waals surface area (Å²) >= 11 is 3.49. The van der Waals surface area contributed by atoms with Gasteiger partial charge in [0.15, 0.2) is 17.2 Å². The van der Waals surface area contributed by atoms with Crippen molar-refractivity contribution in [1.82, 2.24) is 9.78 Å². The molecule has 0 spiro atoms. The monoisotopic (exact) mass is 366 g/mol. The molecule has 1 N–H and O–H groups in total. The largest absolute Gasteiger partial charge is 0.476 e. The van der Waals surface area contributed by atoms with E-state index in [2.05, 4.69) is 34.9 Å². The molecule has 0 atom stereocenters. The number of carbonyl (C=O) groups is 1. The van der Waals surface area contributed by atoms with Crippen LogP contribution in [0.25, 0.3) is 11.3 Å². The molecule has 0 saturated heterocycles. The smallest absolute Gasteiger partial charge is 0.356 e. The van der Waals surface area contributed by atoms with Crippen LogP contribution in [0.2, 0.25) is 0 Å². The van der Waals surface area contributed by atoms with Gasteiger partial charge in [-0.25, -0.2) is 4.79 Å². The standard InChI is InChI=1S/C15H15BrN2O4/c1-7(2)12-8(4-9(16)13-14(12)22-6-21-13)11-5-10(15(19)20)17-18(11)3/h4-5,7H,6H2,1-3H3,(H,19,20). The van der Waals surface area contributed by atoms with Gasteiger partial charge in [0.1, 0.15) is 0 Å². The summed E-state index contributed by atoms with van der Waals surface area (Å²) in [6, 6.07) is 3.49. The second-order valence-corrected chi connectivity index (χ2v) is 6.24. The van der Waals surface area contributed by atoms with Gasteiger partial charge in [0, 0.05) is 18.2 Å². The average Bonchev–Trinajstić information content (AvgIpc) is 3.04. The number of hydrogen-bond donors (Lipinski definition) is 1. The second-order valence-electron chi connectivity index (χ2n) is 5.38. The van der Waals surface area contributed by atoms with E-state index in [1.54, 1.807) is 17.8 Å². The molecule has 0 saturated carbocycles. The van der Waals surface area contributed by atoms with Crippen molar-refractivity contribution >= 4 is 21.9 Å². The SMILES string of the molecule is CC(C)c1c(-c2cc(C(=O)O)nn2C)cc(Br)c2c1OCO2. The molecule has 6 nitrogen and oxygen atoms in total. The molecule has 2 aromatic rings. The van der Waals surface area contributed by atoms with Crippen LogP contribution in [0.3, 0.4) is 0 Å². The molecule has 1 aromatic carbocycles. The molecule has 2 heterocycles. The first-order valence-electron chi connectivity index (χ1n) is 6.79. The molecule has 0 radical (unpaired) electrons. The highest BCUT2D eigenvalue weighted by Gasteiger charge is 2.28. The first-order chi connectivity index (χ1) is 10.4. The van der Waals surface area contributed by atoms with Crippen molar-refractivity contribution < 1.29 is 19.4 Å². The van der Waals surface area contributed by atoms with Gasteiger partial charge in [-0.1, -0.05) is 13.8 Å². The first kappa shape index (κ1) is 14.9. The van der Waals surface area contributed by atoms with E-state index in [4.69, 9.17) is 14.6 Å². The van der Waals surface area contributed by atoms with Crippen molar-refractivity contribution in [2.75, 3.05) is 6.79 Å². The maximum Gasteiger partial charge on any atom is 0.356 e. The fourth-order valence-electron chi connectivity index (χ4n) is 2.66. The van der Waals surface area contributed by atoms with Crippen LogP contribution in [0.5, 0.6) is 11.5 Å². The Bertz CT molecular complexity index is 767. The van der Waals surface area contributed by atoms with Crippen LogP contribution in [0, 0.1) is 0 Å². The number of ether oxygens (including phenoxy) is 2. The summed E-state index contributed by atoms with van der Waals surface area (Å²) in [7, 11) is 1.73. The molecule has 1 aromatic heterocycles. The summed E-state index contributed by atoms with van der Waals surface area (Å²) in [5, 5.41) is 13.2. The zero-order valence-electron chi connectivity index (χ0n) is 12.4. The highest BCUT2D eigenvalue weighted by molar-refractivity contribution is 9.10. The van der Waals surface area contributed by atoms with Gasteiger partial charge in [0.25, 0.3) is 0 Å². The number of hydrogen-bond acceptors (Lipinski definition) is 4. The number of aromatic carboxylic acids is 1. The fourth-order valence-corrected chi connectivity index (χ4v) is 3.18. The lowest BCUT2D eigenvalue weighted by molar-refractivity contribution is 0.0689. The predicted octanol–water partition coefficient (Wildman–Crippen LogP) is 3.40. The Kier molecular flexibility index (Phi) is 3.60. The number of halogens is 1. The lowest BCUT2D eigenvalue weighted by Gasteiger charge is -2.16. The Balaban J connectivity index is 2.27. The zero-order chi connectivity index (χ0) is 16.0. The lowest BCUT2D eigenvalue weighted by atomic mass is 9.93. The number of fused-ring (bicyclic) bond motifs is 1. The van der Waals surface area contributed by atoms with Gasteiger partial charge in [0.05, 0.1) is 10.2 Å². The van der Waals surface area contributed by atoms with Crippen molar-refractivity contribution in [2.24, 2.45) is 7.05 Å². The Labute approximate surface area is 135 Å². The molecule has 0 aliphatic carbocycles. The molecule has 3 rings (SSSR count). The van der Waals surface area contributed by atoms with Crippen molar-refractivity contribution in [3.05, 3.63) is 27.9 Å². The highest BCUT2D eigenvalue weighted by atomic mass is 79.9. The van der Waals surface area contributed by atoms with Gasteiger partial charge in [0.2, 0.25) is 6.79 Å². The summed E-state index contributed by atoms with van der Waals surface area (Å²) in [4.78, 5) is 11.1. The molecular formula is C15H15BrN2O4. The van der Waals surface area contributed by atoms with Gasteiger partial charge in [-0.15, -0.1) is 0 Å². The fraction of sp³-hybridized carbons (Fsp3) is 0.333. The van der Waals surface area contributed by atoms with E-state index in [0.29, 0.717) is 11.5 Å². The molecule has 0 fully saturated rings. The minimum atomic E-state index is -1.05. The van der Waals surface area contributed by atoms with Crippen LogP contribution in [-0.4, -0.2) is 27.6 Å².